The molecule has 0 saturated carbocycles. The zero-order chi connectivity index (χ0) is 22.4. The summed E-state index contributed by atoms with van der Waals surface area (Å²) < 4.78 is 22.2. The van der Waals surface area contributed by atoms with Gasteiger partial charge >= 0.3 is 13.2 Å². The van der Waals surface area contributed by atoms with E-state index in [4.69, 9.17) is 24.5 Å². The SMILES string of the molecule is COCC(OC(N)=O)C(=O)N[C@@H](CCCc1ccccc1)B1OC(C)(C)C(C)(C)O1. The summed E-state index contributed by atoms with van der Waals surface area (Å²) in [7, 11) is 0.780. The molecule has 3 N–H and O–H groups in total. The molecule has 2 rings (SSSR count). The standard InChI is InChI=1S/C21H33BN2O6/c1-20(2)21(3,4)30-22(29-20)17(13-9-12-15-10-7-6-8-11-15)24-18(25)16(14-27-5)28-19(23)26/h6-8,10-11,16-17H,9,12-14H2,1-5H3,(H2,23,26)(H,24,25)/t16?,17-/m0/s1. The highest BCUT2D eigenvalue weighted by Gasteiger charge is 2.54. The van der Waals surface area contributed by atoms with E-state index in [1.807, 2.05) is 45.9 Å². The number of aryl methyl sites for hydroxylation is 1. The summed E-state index contributed by atoms with van der Waals surface area (Å²) >= 11 is 0. The summed E-state index contributed by atoms with van der Waals surface area (Å²) in [6.07, 6.45) is 0.0970. The van der Waals surface area contributed by atoms with E-state index in [2.05, 4.69) is 17.4 Å². The number of primary amides is 1. The maximum Gasteiger partial charge on any atom is 0.481 e. The molecule has 1 aliphatic heterocycles. The molecular formula is C21H33BN2O6. The molecule has 0 radical (unpaired) electrons. The minimum atomic E-state index is -1.15. The predicted octanol–water partition coefficient (Wildman–Crippen LogP) is 2.24. The van der Waals surface area contributed by atoms with Crippen molar-refractivity contribution in [3.63, 3.8) is 0 Å². The molecule has 0 aliphatic carbocycles. The van der Waals surface area contributed by atoms with Crippen LogP contribution in [0, 0.1) is 0 Å². The largest absolute Gasteiger partial charge is 0.481 e. The number of carbonyl (C=O) groups is 2. The van der Waals surface area contributed by atoms with Crippen LogP contribution in [0.4, 0.5) is 4.79 Å². The van der Waals surface area contributed by atoms with E-state index in [9.17, 15) is 9.59 Å². The van der Waals surface area contributed by atoms with Crippen LogP contribution < -0.4 is 11.1 Å². The number of benzene rings is 1. The molecule has 2 atom stereocenters. The summed E-state index contributed by atoms with van der Waals surface area (Å²) in [5, 5.41) is 2.91. The van der Waals surface area contributed by atoms with E-state index >= 15 is 0 Å². The smallest absolute Gasteiger partial charge is 0.434 e. The van der Waals surface area contributed by atoms with Crippen LogP contribution in [0.1, 0.15) is 46.1 Å². The van der Waals surface area contributed by atoms with Gasteiger partial charge in [-0.1, -0.05) is 30.3 Å². The van der Waals surface area contributed by atoms with Gasteiger partial charge in [-0.05, 0) is 52.5 Å². The van der Waals surface area contributed by atoms with Crippen molar-refractivity contribution in [2.75, 3.05) is 13.7 Å². The molecular weight excluding hydrogens is 387 g/mol. The van der Waals surface area contributed by atoms with Crippen LogP contribution in [0.5, 0.6) is 0 Å². The fraction of sp³-hybridized carbons (Fsp3) is 0.619. The summed E-state index contributed by atoms with van der Waals surface area (Å²) in [6.45, 7) is 7.73. The highest BCUT2D eigenvalue weighted by Crippen LogP contribution is 2.38. The van der Waals surface area contributed by atoms with Gasteiger partial charge in [-0.2, -0.15) is 0 Å². The van der Waals surface area contributed by atoms with Crippen molar-refractivity contribution in [2.24, 2.45) is 5.73 Å². The molecule has 9 heteroatoms. The van der Waals surface area contributed by atoms with E-state index in [1.54, 1.807) is 0 Å². The Balaban J connectivity index is 2.09. The molecule has 1 aromatic carbocycles. The Labute approximate surface area is 178 Å². The molecule has 1 unspecified atom stereocenters. The first-order valence-corrected chi connectivity index (χ1v) is 10.2. The second-order valence-corrected chi connectivity index (χ2v) is 8.50. The topological polar surface area (TPSA) is 109 Å². The van der Waals surface area contributed by atoms with Gasteiger partial charge in [0, 0.05) is 7.11 Å². The van der Waals surface area contributed by atoms with Crippen molar-refractivity contribution in [1.82, 2.24) is 5.32 Å². The maximum absolute atomic E-state index is 12.8. The Hall–Kier alpha value is -2.10. The molecule has 1 fully saturated rings. The molecule has 1 aromatic rings. The van der Waals surface area contributed by atoms with Crippen LogP contribution in [0.25, 0.3) is 0 Å². The lowest BCUT2D eigenvalue weighted by molar-refractivity contribution is -0.132. The highest BCUT2D eigenvalue weighted by molar-refractivity contribution is 6.48. The van der Waals surface area contributed by atoms with Gasteiger partial charge in [0.1, 0.15) is 0 Å². The molecule has 0 spiro atoms. The number of hydrogen-bond donors (Lipinski definition) is 2. The second kappa shape index (κ2) is 10.3. The van der Waals surface area contributed by atoms with Crippen LogP contribution >= 0.6 is 0 Å². The van der Waals surface area contributed by atoms with Crippen molar-refractivity contribution < 1.29 is 28.4 Å². The Morgan fingerprint density at radius 3 is 2.27 bits per heavy atom. The molecule has 1 heterocycles. The fourth-order valence-corrected chi connectivity index (χ4v) is 3.23. The van der Waals surface area contributed by atoms with Gasteiger partial charge in [0.2, 0.25) is 6.10 Å². The zero-order valence-corrected chi connectivity index (χ0v) is 18.5. The quantitative estimate of drug-likeness (QED) is 0.562. The van der Waals surface area contributed by atoms with Crippen molar-refractivity contribution in [3.8, 4) is 0 Å². The molecule has 166 valence electrons. The Kier molecular flexibility index (Phi) is 8.29. The minimum Gasteiger partial charge on any atom is -0.434 e. The number of carbonyl (C=O) groups excluding carboxylic acids is 2. The summed E-state index contributed by atoms with van der Waals surface area (Å²) in [5.74, 6) is -0.937. The normalized spacial score (nSPS) is 19.2. The van der Waals surface area contributed by atoms with E-state index < -0.39 is 42.4 Å². The second-order valence-electron chi connectivity index (χ2n) is 8.50. The van der Waals surface area contributed by atoms with Crippen LogP contribution in [0.2, 0.25) is 0 Å². The van der Waals surface area contributed by atoms with Crippen molar-refractivity contribution >= 4 is 19.1 Å². The minimum absolute atomic E-state index is 0.102. The van der Waals surface area contributed by atoms with E-state index in [-0.39, 0.29) is 6.61 Å². The van der Waals surface area contributed by atoms with Crippen LogP contribution in [0.3, 0.4) is 0 Å². The van der Waals surface area contributed by atoms with Gasteiger partial charge in [0.05, 0.1) is 23.8 Å². The third kappa shape index (κ3) is 6.45. The molecule has 0 aromatic heterocycles. The predicted molar refractivity (Wildman–Crippen MR) is 114 cm³/mol. The summed E-state index contributed by atoms with van der Waals surface area (Å²) in [4.78, 5) is 23.9. The number of ether oxygens (including phenoxy) is 2. The highest BCUT2D eigenvalue weighted by atomic mass is 16.7. The van der Waals surface area contributed by atoms with Crippen molar-refractivity contribution in [1.29, 1.82) is 0 Å². The Morgan fingerprint density at radius 1 is 1.13 bits per heavy atom. The van der Waals surface area contributed by atoms with Crippen LogP contribution in [-0.4, -0.2) is 56.1 Å². The van der Waals surface area contributed by atoms with Gasteiger partial charge in [0.15, 0.2) is 0 Å². The molecule has 0 bridgehead atoms. The van der Waals surface area contributed by atoms with E-state index in [1.165, 1.54) is 12.7 Å². The molecule has 30 heavy (non-hydrogen) atoms. The van der Waals surface area contributed by atoms with Crippen LogP contribution in [-0.2, 0) is 30.0 Å². The number of methoxy groups -OCH3 is 1. The summed E-state index contributed by atoms with van der Waals surface area (Å²) in [5.41, 5.74) is 5.23. The van der Waals surface area contributed by atoms with Crippen molar-refractivity contribution in [3.05, 3.63) is 35.9 Å². The Morgan fingerprint density at radius 2 is 1.73 bits per heavy atom. The van der Waals surface area contributed by atoms with Gasteiger partial charge < -0.3 is 29.8 Å². The number of nitrogens with one attached hydrogen (secondary N) is 1. The molecule has 1 aliphatic rings. The van der Waals surface area contributed by atoms with Gasteiger partial charge in [0.25, 0.3) is 5.91 Å². The fourth-order valence-electron chi connectivity index (χ4n) is 3.23. The monoisotopic (exact) mass is 420 g/mol. The van der Waals surface area contributed by atoms with Gasteiger partial charge in [-0.3, -0.25) is 4.79 Å². The first-order chi connectivity index (χ1) is 14.1. The number of hydrogen-bond acceptors (Lipinski definition) is 6. The number of amides is 2. The first kappa shape index (κ1) is 24.2. The zero-order valence-electron chi connectivity index (χ0n) is 18.5. The van der Waals surface area contributed by atoms with Crippen molar-refractivity contribution in [2.45, 2.75) is 70.2 Å². The lowest BCUT2D eigenvalue weighted by atomic mass is 9.75. The van der Waals surface area contributed by atoms with Gasteiger partial charge in [-0.15, -0.1) is 0 Å². The lowest BCUT2D eigenvalue weighted by Crippen LogP contribution is -2.52. The van der Waals surface area contributed by atoms with Gasteiger partial charge in [-0.25, -0.2) is 4.79 Å². The maximum atomic E-state index is 12.8. The molecule has 1 saturated heterocycles. The average Bonchev–Trinajstić information content (AvgIpc) is 2.88. The third-order valence-corrected chi connectivity index (χ3v) is 5.62. The average molecular weight is 420 g/mol. The number of rotatable bonds is 10. The number of nitrogens with two attached hydrogens (primary N) is 1. The third-order valence-electron chi connectivity index (χ3n) is 5.62. The van der Waals surface area contributed by atoms with E-state index in [0.29, 0.717) is 6.42 Å². The molecule has 8 nitrogen and oxygen atoms in total. The van der Waals surface area contributed by atoms with Crippen LogP contribution in [0.15, 0.2) is 30.3 Å². The first-order valence-electron chi connectivity index (χ1n) is 10.2. The van der Waals surface area contributed by atoms with E-state index in [0.717, 1.165) is 12.8 Å². The Bertz CT molecular complexity index is 697. The lowest BCUT2D eigenvalue weighted by Gasteiger charge is -2.32. The summed E-state index contributed by atoms with van der Waals surface area (Å²) in [6, 6.07) is 10.1. The molecule has 2 amide bonds.